The number of nitrogens with one attached hydrogen (secondary N) is 1. The van der Waals surface area contributed by atoms with E-state index in [1.54, 1.807) is 0 Å². The Morgan fingerprint density at radius 1 is 1.23 bits per heavy atom. The summed E-state index contributed by atoms with van der Waals surface area (Å²) in [5, 5.41) is 2.81. The molecule has 4 nitrogen and oxygen atoms in total. The minimum Gasteiger partial charge on any atom is -0.348 e. The Kier molecular flexibility index (Phi) is 4.73. The van der Waals surface area contributed by atoms with E-state index in [0.29, 0.717) is 18.4 Å². The molecule has 0 radical (unpaired) electrons. The maximum atomic E-state index is 12.6. The largest absolute Gasteiger partial charge is 0.433 e. The van der Waals surface area contributed by atoms with Crippen molar-refractivity contribution in [3.63, 3.8) is 0 Å². The number of halogens is 3. The molecule has 1 heterocycles. The molecule has 0 spiro atoms. The fraction of sp³-hybridized carbons (Fsp3) is 0.421. The van der Waals surface area contributed by atoms with Gasteiger partial charge < -0.3 is 5.32 Å². The van der Waals surface area contributed by atoms with Crippen LogP contribution < -0.4 is 5.32 Å². The van der Waals surface area contributed by atoms with Crippen molar-refractivity contribution >= 4 is 17.5 Å². The summed E-state index contributed by atoms with van der Waals surface area (Å²) in [5.74, 6) is -2.67. The predicted octanol–water partition coefficient (Wildman–Crippen LogP) is 3.77. The SMILES string of the molecule is Cc1ccc2c(c1)C(C)CCC2NC(=O)C1C=CC(C(F)(F)F)=NC1=O. The first kappa shape index (κ1) is 18.4. The number of allylic oxidation sites excluding steroid dienone is 1. The summed E-state index contributed by atoms with van der Waals surface area (Å²) in [6, 6.07) is 5.75. The minimum absolute atomic E-state index is 0.261. The number of aryl methyl sites for hydroxylation is 1. The van der Waals surface area contributed by atoms with Gasteiger partial charge in [0.25, 0.3) is 5.91 Å². The van der Waals surface area contributed by atoms with E-state index < -0.39 is 29.6 Å². The first-order valence-electron chi connectivity index (χ1n) is 8.45. The van der Waals surface area contributed by atoms with Crippen molar-refractivity contribution in [3.8, 4) is 0 Å². The highest BCUT2D eigenvalue weighted by Crippen LogP contribution is 2.38. The third kappa shape index (κ3) is 3.57. The molecule has 1 aliphatic heterocycles. The fourth-order valence-electron chi connectivity index (χ4n) is 3.43. The lowest BCUT2D eigenvalue weighted by atomic mass is 9.80. The van der Waals surface area contributed by atoms with Crippen LogP contribution in [0.3, 0.4) is 0 Å². The quantitative estimate of drug-likeness (QED) is 0.812. The van der Waals surface area contributed by atoms with Gasteiger partial charge in [0.15, 0.2) is 0 Å². The molecule has 0 saturated heterocycles. The lowest BCUT2D eigenvalue weighted by Crippen LogP contribution is -2.40. The summed E-state index contributed by atoms with van der Waals surface area (Å²) in [6.45, 7) is 4.12. The predicted molar refractivity (Wildman–Crippen MR) is 90.8 cm³/mol. The van der Waals surface area contributed by atoms with E-state index >= 15 is 0 Å². The molecular weight excluding hydrogens is 345 g/mol. The summed E-state index contributed by atoms with van der Waals surface area (Å²) in [7, 11) is 0. The van der Waals surface area contributed by atoms with Crippen LogP contribution in [0.4, 0.5) is 13.2 Å². The third-order valence-electron chi connectivity index (χ3n) is 4.87. The Balaban J connectivity index is 1.76. The highest BCUT2D eigenvalue weighted by Gasteiger charge is 2.39. The van der Waals surface area contributed by atoms with Crippen LogP contribution >= 0.6 is 0 Å². The molecule has 1 aliphatic carbocycles. The van der Waals surface area contributed by atoms with Crippen molar-refractivity contribution in [1.29, 1.82) is 0 Å². The first-order valence-corrected chi connectivity index (χ1v) is 8.45. The van der Waals surface area contributed by atoms with E-state index in [-0.39, 0.29) is 6.04 Å². The number of rotatable bonds is 2. The van der Waals surface area contributed by atoms with Crippen LogP contribution in [0.25, 0.3) is 0 Å². The molecule has 26 heavy (non-hydrogen) atoms. The Morgan fingerprint density at radius 2 is 1.96 bits per heavy atom. The third-order valence-corrected chi connectivity index (χ3v) is 4.87. The first-order chi connectivity index (χ1) is 12.2. The molecule has 3 atom stereocenters. The van der Waals surface area contributed by atoms with Crippen molar-refractivity contribution in [2.45, 2.75) is 44.8 Å². The number of benzene rings is 1. The smallest absolute Gasteiger partial charge is 0.348 e. The maximum Gasteiger partial charge on any atom is 0.433 e. The topological polar surface area (TPSA) is 58.5 Å². The number of nitrogens with zero attached hydrogens (tertiary/aromatic N) is 1. The molecule has 1 N–H and O–H groups in total. The van der Waals surface area contributed by atoms with E-state index in [2.05, 4.69) is 23.3 Å². The Labute approximate surface area is 149 Å². The van der Waals surface area contributed by atoms with Crippen LogP contribution in [0.1, 0.15) is 48.4 Å². The molecule has 0 bridgehead atoms. The van der Waals surface area contributed by atoms with Gasteiger partial charge in [-0.2, -0.15) is 13.2 Å². The van der Waals surface area contributed by atoms with Gasteiger partial charge >= 0.3 is 6.18 Å². The van der Waals surface area contributed by atoms with Crippen molar-refractivity contribution in [1.82, 2.24) is 5.32 Å². The van der Waals surface area contributed by atoms with E-state index in [0.717, 1.165) is 29.2 Å². The monoisotopic (exact) mass is 364 g/mol. The average Bonchev–Trinajstić information content (AvgIpc) is 2.56. The zero-order valence-electron chi connectivity index (χ0n) is 14.4. The van der Waals surface area contributed by atoms with Gasteiger partial charge in [0.2, 0.25) is 5.91 Å². The zero-order valence-corrected chi connectivity index (χ0v) is 14.4. The maximum absolute atomic E-state index is 12.6. The van der Waals surface area contributed by atoms with Crippen LogP contribution in [-0.4, -0.2) is 23.7 Å². The molecule has 2 aliphatic rings. The van der Waals surface area contributed by atoms with Crippen molar-refractivity contribution in [2.24, 2.45) is 10.9 Å². The second-order valence-corrected chi connectivity index (χ2v) is 6.84. The summed E-state index contributed by atoms with van der Waals surface area (Å²) in [4.78, 5) is 27.4. The van der Waals surface area contributed by atoms with Gasteiger partial charge in [-0.15, -0.1) is 0 Å². The van der Waals surface area contributed by atoms with Gasteiger partial charge in [-0.25, -0.2) is 4.99 Å². The van der Waals surface area contributed by atoms with Crippen LogP contribution in [-0.2, 0) is 9.59 Å². The second kappa shape index (κ2) is 6.70. The Bertz CT molecular complexity index is 811. The van der Waals surface area contributed by atoms with Gasteiger partial charge in [-0.3, -0.25) is 9.59 Å². The average molecular weight is 364 g/mol. The summed E-state index contributed by atoms with van der Waals surface area (Å²) in [5.41, 5.74) is 2.00. The van der Waals surface area contributed by atoms with Crippen molar-refractivity contribution in [2.75, 3.05) is 0 Å². The number of hydrogen-bond donors (Lipinski definition) is 1. The van der Waals surface area contributed by atoms with Crippen LogP contribution in [0.2, 0.25) is 0 Å². The standard InChI is InChI=1S/C19H19F3N2O2/c1-10-3-5-12-14(9-10)11(2)4-7-15(12)23-17(25)13-6-8-16(19(20,21)22)24-18(13)26/h3,5-6,8-9,11,13,15H,4,7H2,1-2H3,(H,23,25). The molecule has 3 unspecified atom stereocenters. The molecule has 1 aromatic carbocycles. The van der Waals surface area contributed by atoms with E-state index in [1.165, 1.54) is 0 Å². The van der Waals surface area contributed by atoms with Crippen molar-refractivity contribution < 1.29 is 22.8 Å². The summed E-state index contributed by atoms with van der Waals surface area (Å²) < 4.78 is 37.8. The summed E-state index contributed by atoms with van der Waals surface area (Å²) >= 11 is 0. The highest BCUT2D eigenvalue weighted by atomic mass is 19.4. The molecule has 0 fully saturated rings. The van der Waals surface area contributed by atoms with E-state index in [1.807, 2.05) is 19.1 Å². The molecule has 7 heteroatoms. The number of alkyl halides is 3. The number of carbonyl (C=O) groups excluding carboxylic acids is 2. The summed E-state index contributed by atoms with van der Waals surface area (Å²) in [6.07, 6.45) is -1.46. The van der Waals surface area contributed by atoms with Gasteiger partial charge in [0, 0.05) is 0 Å². The molecule has 2 amide bonds. The van der Waals surface area contributed by atoms with Crippen molar-refractivity contribution in [3.05, 3.63) is 47.0 Å². The van der Waals surface area contributed by atoms with Gasteiger partial charge in [-0.1, -0.05) is 36.8 Å². The van der Waals surface area contributed by atoms with Gasteiger partial charge in [0.1, 0.15) is 11.6 Å². The lowest BCUT2D eigenvalue weighted by molar-refractivity contribution is -0.132. The number of aliphatic imine (C=N–C) groups is 1. The molecule has 1 aromatic rings. The fourth-order valence-corrected chi connectivity index (χ4v) is 3.43. The number of amides is 2. The number of hydrogen-bond acceptors (Lipinski definition) is 2. The van der Waals surface area contributed by atoms with Crippen LogP contribution in [0.5, 0.6) is 0 Å². The normalized spacial score (nSPS) is 25.5. The highest BCUT2D eigenvalue weighted by molar-refractivity contribution is 6.14. The number of carbonyl (C=O) groups is 2. The van der Waals surface area contributed by atoms with E-state index in [9.17, 15) is 22.8 Å². The van der Waals surface area contributed by atoms with E-state index in [4.69, 9.17) is 0 Å². The van der Waals surface area contributed by atoms with Crippen LogP contribution in [0.15, 0.2) is 35.3 Å². The lowest BCUT2D eigenvalue weighted by Gasteiger charge is -2.31. The molecular formula is C19H19F3N2O2. The number of fused-ring (bicyclic) bond motifs is 1. The molecule has 138 valence electrons. The van der Waals surface area contributed by atoms with Gasteiger partial charge in [0.05, 0.1) is 6.04 Å². The minimum atomic E-state index is -4.70. The molecule has 3 rings (SSSR count). The van der Waals surface area contributed by atoms with Crippen LogP contribution in [0, 0.1) is 12.8 Å². The zero-order chi connectivity index (χ0) is 19.1. The molecule has 0 saturated carbocycles. The Morgan fingerprint density at radius 3 is 2.62 bits per heavy atom. The second-order valence-electron chi connectivity index (χ2n) is 6.84. The van der Waals surface area contributed by atoms with Gasteiger partial charge in [-0.05, 0) is 42.9 Å². The Hall–Kier alpha value is -2.44. The molecule has 0 aromatic heterocycles. The number of dihydropyridines is 1.